The second kappa shape index (κ2) is 5.16. The number of hydrogen-bond donors (Lipinski definition) is 2. The normalized spacial score (nSPS) is 29.7. The molecule has 2 unspecified atom stereocenters. The van der Waals surface area contributed by atoms with Gasteiger partial charge in [0.05, 0.1) is 11.2 Å². The van der Waals surface area contributed by atoms with Crippen molar-refractivity contribution < 1.29 is 18.3 Å². The zero-order valence-corrected chi connectivity index (χ0v) is 14.6. The quantitative estimate of drug-likeness (QED) is 0.843. The number of nitrogens with one attached hydrogen (secondary N) is 1. The van der Waals surface area contributed by atoms with E-state index in [-0.39, 0.29) is 28.1 Å². The van der Waals surface area contributed by atoms with Gasteiger partial charge in [0.15, 0.2) is 0 Å². The highest BCUT2D eigenvalue weighted by Crippen LogP contribution is 2.89. The minimum atomic E-state index is -0.716. The molecule has 0 saturated heterocycles. The van der Waals surface area contributed by atoms with Crippen LogP contribution in [0, 0.1) is 23.0 Å². The number of fused-ring (bicyclic) bond motifs is 1. The van der Waals surface area contributed by atoms with E-state index in [9.17, 15) is 13.6 Å². The summed E-state index contributed by atoms with van der Waals surface area (Å²) in [6.07, 6.45) is 1.81. The van der Waals surface area contributed by atoms with Crippen molar-refractivity contribution >= 4 is 29.2 Å². The molecule has 3 aliphatic rings. The largest absolute Gasteiger partial charge is 0.465 e. The van der Waals surface area contributed by atoms with Gasteiger partial charge in [0.25, 0.3) is 11.9 Å². The van der Waals surface area contributed by atoms with Crippen LogP contribution < -0.4 is 11.1 Å². The van der Waals surface area contributed by atoms with Crippen LogP contribution in [-0.4, -0.2) is 23.5 Å². The van der Waals surface area contributed by atoms with Gasteiger partial charge in [-0.1, -0.05) is 11.6 Å². The summed E-state index contributed by atoms with van der Waals surface area (Å²) in [6, 6.07) is 5.29. The summed E-state index contributed by atoms with van der Waals surface area (Å²) in [6.45, 7) is 0.415. The Bertz CT molecular complexity index is 1050. The van der Waals surface area contributed by atoms with Gasteiger partial charge in [0, 0.05) is 22.6 Å². The number of amidine groups is 1. The summed E-state index contributed by atoms with van der Waals surface area (Å²) in [5.74, 6) is -1.50. The highest BCUT2D eigenvalue weighted by atomic mass is 35.5. The number of aliphatic imine (C=N–C) groups is 1. The number of nitrogens with two attached hydrogens (primary N) is 1. The molecule has 1 aliphatic heterocycles. The number of hydrogen-bond acceptors (Lipinski definition) is 5. The third-order valence-electron chi connectivity index (χ3n) is 5.68. The van der Waals surface area contributed by atoms with E-state index < -0.39 is 23.1 Å². The molecule has 1 aromatic heterocycles. The molecule has 2 fully saturated rings. The lowest BCUT2D eigenvalue weighted by atomic mass is 9.88. The topological polar surface area (TPSA) is 89.6 Å². The third-order valence-corrected chi connectivity index (χ3v) is 5.97. The highest BCUT2D eigenvalue weighted by Gasteiger charge is 2.92. The van der Waals surface area contributed by atoms with Crippen molar-refractivity contribution in [1.82, 2.24) is 4.98 Å². The minimum Gasteiger partial charge on any atom is -0.465 e. The van der Waals surface area contributed by atoms with E-state index in [0.29, 0.717) is 17.9 Å². The van der Waals surface area contributed by atoms with Gasteiger partial charge in [-0.15, -0.1) is 0 Å². The van der Waals surface area contributed by atoms with Gasteiger partial charge in [-0.3, -0.25) is 4.79 Å². The summed E-state index contributed by atoms with van der Waals surface area (Å²) >= 11 is 5.87. The lowest BCUT2D eigenvalue weighted by Crippen LogP contribution is -2.35. The maximum Gasteiger partial charge on any atom is 0.282 e. The van der Waals surface area contributed by atoms with Crippen LogP contribution in [0.15, 0.2) is 35.5 Å². The van der Waals surface area contributed by atoms with Crippen molar-refractivity contribution in [3.05, 3.63) is 58.4 Å². The maximum absolute atomic E-state index is 14.6. The van der Waals surface area contributed by atoms with Gasteiger partial charge < -0.3 is 15.8 Å². The van der Waals surface area contributed by atoms with E-state index in [0.717, 1.165) is 18.7 Å². The Morgan fingerprint density at radius 2 is 2.19 bits per heavy atom. The molecule has 9 heteroatoms. The van der Waals surface area contributed by atoms with Gasteiger partial charge in [-0.05, 0) is 30.7 Å². The summed E-state index contributed by atoms with van der Waals surface area (Å²) in [7, 11) is 0. The fourth-order valence-electron chi connectivity index (χ4n) is 4.19. The first-order valence-corrected chi connectivity index (χ1v) is 8.66. The zero-order chi connectivity index (χ0) is 19.0. The van der Waals surface area contributed by atoms with E-state index in [2.05, 4.69) is 15.3 Å². The van der Waals surface area contributed by atoms with Crippen LogP contribution in [0.1, 0.15) is 22.5 Å². The SMILES string of the molecule is NC1=N[C@@]2(c3cc(NC(=O)c4ncc(F)cc4Cl)ccc3F)C3CC32CO1. The number of aromatic nitrogens is 1. The molecule has 3 atom stereocenters. The molecular formula is C18H13ClF2N4O2. The van der Waals surface area contributed by atoms with Crippen LogP contribution >= 0.6 is 11.6 Å². The molecule has 2 aromatic rings. The van der Waals surface area contributed by atoms with Gasteiger partial charge in [0.1, 0.15) is 29.5 Å². The van der Waals surface area contributed by atoms with E-state index >= 15 is 0 Å². The lowest BCUT2D eigenvalue weighted by Gasteiger charge is -2.29. The number of pyridine rings is 1. The third kappa shape index (κ3) is 2.13. The molecule has 0 radical (unpaired) electrons. The van der Waals surface area contributed by atoms with Crippen LogP contribution in [-0.2, 0) is 10.3 Å². The molecular weight excluding hydrogens is 378 g/mol. The number of carbonyl (C=O) groups excluding carboxylic acids is 1. The average molecular weight is 391 g/mol. The number of amides is 1. The Hall–Kier alpha value is -2.74. The van der Waals surface area contributed by atoms with Crippen LogP contribution in [0.2, 0.25) is 5.02 Å². The fourth-order valence-corrected chi connectivity index (χ4v) is 4.43. The molecule has 2 saturated carbocycles. The van der Waals surface area contributed by atoms with E-state index in [1.165, 1.54) is 12.1 Å². The van der Waals surface area contributed by atoms with Gasteiger partial charge in [-0.25, -0.2) is 18.8 Å². The summed E-state index contributed by atoms with van der Waals surface area (Å²) in [5.41, 5.74) is 5.41. The highest BCUT2D eigenvalue weighted by molar-refractivity contribution is 6.34. The molecule has 5 rings (SSSR count). The van der Waals surface area contributed by atoms with Crippen molar-refractivity contribution in [1.29, 1.82) is 0 Å². The van der Waals surface area contributed by atoms with Crippen LogP contribution in [0.4, 0.5) is 14.5 Å². The number of carbonyl (C=O) groups is 1. The average Bonchev–Trinajstić information content (AvgIpc) is 3.48. The van der Waals surface area contributed by atoms with Crippen LogP contribution in [0.3, 0.4) is 0 Å². The first-order valence-electron chi connectivity index (χ1n) is 8.28. The zero-order valence-electron chi connectivity index (χ0n) is 13.8. The van der Waals surface area contributed by atoms with Crippen molar-refractivity contribution in [2.75, 3.05) is 11.9 Å². The minimum absolute atomic E-state index is 0.0453. The number of ether oxygens (including phenoxy) is 1. The molecule has 2 aliphatic carbocycles. The Morgan fingerprint density at radius 1 is 1.37 bits per heavy atom. The summed E-state index contributed by atoms with van der Waals surface area (Å²) in [5, 5.41) is 2.50. The monoisotopic (exact) mass is 390 g/mol. The Kier molecular flexibility index (Phi) is 3.14. The number of rotatable bonds is 3. The van der Waals surface area contributed by atoms with Crippen molar-refractivity contribution in [3.8, 4) is 0 Å². The van der Waals surface area contributed by atoms with Gasteiger partial charge in [0.2, 0.25) is 0 Å². The molecule has 3 N–H and O–H groups in total. The number of benzene rings is 1. The first kappa shape index (κ1) is 16.4. The predicted molar refractivity (Wildman–Crippen MR) is 93.4 cm³/mol. The molecule has 138 valence electrons. The van der Waals surface area contributed by atoms with E-state index in [4.69, 9.17) is 22.1 Å². The Morgan fingerprint density at radius 3 is 2.93 bits per heavy atom. The van der Waals surface area contributed by atoms with Crippen molar-refractivity contribution in [2.24, 2.45) is 22.1 Å². The second-order valence-electron chi connectivity index (χ2n) is 7.05. The van der Waals surface area contributed by atoms with E-state index in [1.807, 2.05) is 0 Å². The molecule has 1 aromatic carbocycles. The summed E-state index contributed by atoms with van der Waals surface area (Å²) < 4.78 is 33.0. The number of nitrogens with zero attached hydrogens (tertiary/aromatic N) is 2. The van der Waals surface area contributed by atoms with Crippen molar-refractivity contribution in [3.63, 3.8) is 0 Å². The molecule has 6 nitrogen and oxygen atoms in total. The molecule has 2 heterocycles. The Balaban J connectivity index is 1.47. The molecule has 27 heavy (non-hydrogen) atoms. The lowest BCUT2D eigenvalue weighted by molar-refractivity contribution is 0.102. The molecule has 1 spiro atoms. The molecule has 0 bridgehead atoms. The maximum atomic E-state index is 14.6. The number of halogens is 3. The second-order valence-corrected chi connectivity index (χ2v) is 7.46. The predicted octanol–water partition coefficient (Wildman–Crippen LogP) is 2.83. The molecule has 1 amide bonds. The summed E-state index contributed by atoms with van der Waals surface area (Å²) in [4.78, 5) is 20.5. The van der Waals surface area contributed by atoms with E-state index in [1.54, 1.807) is 6.07 Å². The fraction of sp³-hybridized carbons (Fsp3) is 0.278. The van der Waals surface area contributed by atoms with Crippen molar-refractivity contribution in [2.45, 2.75) is 12.0 Å². The number of anilines is 1. The van der Waals surface area contributed by atoms with Crippen LogP contribution in [0.25, 0.3) is 0 Å². The Labute approximate surface area is 157 Å². The van der Waals surface area contributed by atoms with Gasteiger partial charge in [-0.2, -0.15) is 0 Å². The van der Waals surface area contributed by atoms with Crippen LogP contribution in [0.5, 0.6) is 0 Å². The smallest absolute Gasteiger partial charge is 0.282 e. The first-order chi connectivity index (χ1) is 12.9. The standard InChI is InChI=1S/C18H13ClF2N4O2/c19-11-3-8(20)6-23-14(11)15(26)24-9-1-2-12(21)10(4-9)18-13-5-17(13,18)7-27-16(22)25-18/h1-4,6,13H,5,7H2,(H2,22,25)(H,24,26)/t13?,17?,18-/m0/s1. The van der Waals surface area contributed by atoms with Gasteiger partial charge >= 0.3 is 0 Å².